The van der Waals surface area contributed by atoms with Gasteiger partial charge in [-0.3, -0.25) is 0 Å². The van der Waals surface area contributed by atoms with E-state index in [1.807, 2.05) is 36.4 Å². The van der Waals surface area contributed by atoms with Crippen LogP contribution in [0.5, 0.6) is 17.2 Å². The Hall–Kier alpha value is -2.36. The van der Waals surface area contributed by atoms with Gasteiger partial charge in [-0.05, 0) is 49.7 Å². The van der Waals surface area contributed by atoms with Crippen molar-refractivity contribution < 1.29 is 14.2 Å². The Labute approximate surface area is 132 Å². The van der Waals surface area contributed by atoms with Gasteiger partial charge in [-0.15, -0.1) is 0 Å². The molecule has 0 fully saturated rings. The maximum Gasteiger partial charge on any atom is 0.161 e. The maximum absolute atomic E-state index is 5.40. The molecule has 2 aromatic carbocycles. The van der Waals surface area contributed by atoms with Gasteiger partial charge < -0.3 is 19.5 Å². The summed E-state index contributed by atoms with van der Waals surface area (Å²) in [6.07, 6.45) is 0. The monoisotopic (exact) mass is 301 g/mol. The van der Waals surface area contributed by atoms with Gasteiger partial charge in [-0.25, -0.2) is 0 Å². The highest BCUT2D eigenvalue weighted by atomic mass is 16.5. The Kier molecular flexibility index (Phi) is 5.15. The van der Waals surface area contributed by atoms with E-state index >= 15 is 0 Å². The summed E-state index contributed by atoms with van der Waals surface area (Å²) in [7, 11) is 4.94. The minimum Gasteiger partial charge on any atom is -0.497 e. The molecule has 2 rings (SSSR count). The Morgan fingerprint density at radius 3 is 2.14 bits per heavy atom. The molecule has 0 aliphatic rings. The number of nitrogens with one attached hydrogen (secondary N) is 1. The van der Waals surface area contributed by atoms with Crippen molar-refractivity contribution in [2.75, 3.05) is 26.6 Å². The Morgan fingerprint density at radius 2 is 1.55 bits per heavy atom. The van der Waals surface area contributed by atoms with Gasteiger partial charge in [0.2, 0.25) is 0 Å². The van der Waals surface area contributed by atoms with Crippen LogP contribution in [-0.2, 0) is 0 Å². The minimum absolute atomic E-state index is 0.340. The summed E-state index contributed by atoms with van der Waals surface area (Å²) in [5, 5.41) is 3.46. The molecular weight excluding hydrogens is 278 g/mol. The third-order valence-corrected chi connectivity index (χ3v) is 3.37. The first-order valence-corrected chi connectivity index (χ1v) is 7.26. The predicted octanol–water partition coefficient (Wildman–Crippen LogP) is 4.20. The van der Waals surface area contributed by atoms with E-state index in [2.05, 4.69) is 19.2 Å². The second kappa shape index (κ2) is 7.07. The van der Waals surface area contributed by atoms with Gasteiger partial charge in [0.1, 0.15) is 5.75 Å². The average Bonchev–Trinajstić information content (AvgIpc) is 2.54. The van der Waals surface area contributed by atoms with Crippen LogP contribution in [0.25, 0.3) is 11.1 Å². The number of anilines is 1. The molecular formula is C18H23NO3. The van der Waals surface area contributed by atoms with Crippen molar-refractivity contribution >= 4 is 5.69 Å². The zero-order valence-corrected chi connectivity index (χ0v) is 13.8. The minimum atomic E-state index is 0.340. The summed E-state index contributed by atoms with van der Waals surface area (Å²) < 4.78 is 16.1. The van der Waals surface area contributed by atoms with E-state index in [4.69, 9.17) is 14.2 Å². The summed E-state index contributed by atoms with van der Waals surface area (Å²) in [6, 6.07) is 12.2. The van der Waals surface area contributed by atoms with Crippen LogP contribution in [0, 0.1) is 0 Å². The fourth-order valence-corrected chi connectivity index (χ4v) is 2.33. The smallest absolute Gasteiger partial charge is 0.161 e. The summed E-state index contributed by atoms with van der Waals surface area (Å²) in [5.74, 6) is 2.24. The van der Waals surface area contributed by atoms with Crippen molar-refractivity contribution in [1.29, 1.82) is 0 Å². The van der Waals surface area contributed by atoms with Crippen LogP contribution in [0.15, 0.2) is 36.4 Å². The molecule has 22 heavy (non-hydrogen) atoms. The number of benzene rings is 2. The van der Waals surface area contributed by atoms with Gasteiger partial charge in [-0.1, -0.05) is 6.07 Å². The molecule has 4 heteroatoms. The predicted molar refractivity (Wildman–Crippen MR) is 90.3 cm³/mol. The molecule has 0 amide bonds. The Morgan fingerprint density at radius 1 is 0.818 bits per heavy atom. The maximum atomic E-state index is 5.40. The lowest BCUT2D eigenvalue weighted by atomic mass is 10.0. The highest BCUT2D eigenvalue weighted by Gasteiger charge is 2.11. The summed E-state index contributed by atoms with van der Waals surface area (Å²) in [5.41, 5.74) is 3.16. The van der Waals surface area contributed by atoms with Gasteiger partial charge in [-0.2, -0.15) is 0 Å². The first-order valence-electron chi connectivity index (χ1n) is 7.26. The molecule has 4 nitrogen and oxygen atoms in total. The van der Waals surface area contributed by atoms with E-state index in [1.165, 1.54) is 0 Å². The van der Waals surface area contributed by atoms with Gasteiger partial charge in [0, 0.05) is 17.3 Å². The van der Waals surface area contributed by atoms with Gasteiger partial charge in [0.05, 0.1) is 21.3 Å². The standard InChI is InChI=1S/C18H23NO3/c1-12(2)19-16-8-7-14(20-3)11-15(16)13-6-9-17(21-4)18(10-13)22-5/h6-12,19H,1-5H3. The number of hydrogen-bond donors (Lipinski definition) is 1. The van der Waals surface area contributed by atoms with Crippen molar-refractivity contribution in [1.82, 2.24) is 0 Å². The second-order valence-corrected chi connectivity index (χ2v) is 5.28. The summed E-state index contributed by atoms with van der Waals surface area (Å²) >= 11 is 0. The highest BCUT2D eigenvalue weighted by Crippen LogP contribution is 2.37. The van der Waals surface area contributed by atoms with Crippen molar-refractivity contribution in [3.8, 4) is 28.4 Å². The zero-order valence-electron chi connectivity index (χ0n) is 13.8. The molecule has 0 radical (unpaired) electrons. The lowest BCUT2D eigenvalue weighted by molar-refractivity contribution is 0.355. The molecule has 0 aliphatic carbocycles. The molecule has 0 saturated heterocycles. The van der Waals surface area contributed by atoms with Crippen LogP contribution < -0.4 is 19.5 Å². The molecule has 0 saturated carbocycles. The van der Waals surface area contributed by atoms with Gasteiger partial charge in [0.25, 0.3) is 0 Å². The van der Waals surface area contributed by atoms with E-state index in [0.717, 1.165) is 22.6 Å². The van der Waals surface area contributed by atoms with Crippen LogP contribution >= 0.6 is 0 Å². The van der Waals surface area contributed by atoms with Crippen LogP contribution in [0.2, 0.25) is 0 Å². The van der Waals surface area contributed by atoms with Crippen LogP contribution in [0.1, 0.15) is 13.8 Å². The third-order valence-electron chi connectivity index (χ3n) is 3.37. The molecule has 2 aromatic rings. The van der Waals surface area contributed by atoms with Crippen molar-refractivity contribution in [2.24, 2.45) is 0 Å². The van der Waals surface area contributed by atoms with E-state index in [0.29, 0.717) is 17.5 Å². The highest BCUT2D eigenvalue weighted by molar-refractivity contribution is 5.80. The summed E-state index contributed by atoms with van der Waals surface area (Å²) in [4.78, 5) is 0. The van der Waals surface area contributed by atoms with E-state index < -0.39 is 0 Å². The normalized spacial score (nSPS) is 10.5. The van der Waals surface area contributed by atoms with E-state index in [1.54, 1.807) is 21.3 Å². The molecule has 0 aromatic heterocycles. The lowest BCUT2D eigenvalue weighted by Crippen LogP contribution is -2.10. The Balaban J connectivity index is 2.53. The number of hydrogen-bond acceptors (Lipinski definition) is 4. The fourth-order valence-electron chi connectivity index (χ4n) is 2.33. The van der Waals surface area contributed by atoms with E-state index in [9.17, 15) is 0 Å². The van der Waals surface area contributed by atoms with Crippen molar-refractivity contribution in [3.05, 3.63) is 36.4 Å². The molecule has 0 bridgehead atoms. The molecule has 0 atom stereocenters. The SMILES string of the molecule is COc1ccc(NC(C)C)c(-c2ccc(OC)c(OC)c2)c1. The first kappa shape index (κ1) is 16.0. The molecule has 118 valence electrons. The zero-order chi connectivity index (χ0) is 16.1. The Bertz CT molecular complexity index is 638. The van der Waals surface area contributed by atoms with Crippen LogP contribution in [0.3, 0.4) is 0 Å². The lowest BCUT2D eigenvalue weighted by Gasteiger charge is -2.17. The van der Waals surface area contributed by atoms with Crippen LogP contribution in [0.4, 0.5) is 5.69 Å². The molecule has 0 aliphatic heterocycles. The van der Waals surface area contributed by atoms with Gasteiger partial charge in [0.15, 0.2) is 11.5 Å². The number of rotatable bonds is 6. The fraction of sp³-hybridized carbons (Fsp3) is 0.333. The van der Waals surface area contributed by atoms with Crippen LogP contribution in [-0.4, -0.2) is 27.4 Å². The van der Waals surface area contributed by atoms with Crippen molar-refractivity contribution in [3.63, 3.8) is 0 Å². The number of methoxy groups -OCH3 is 3. The average molecular weight is 301 g/mol. The van der Waals surface area contributed by atoms with Crippen molar-refractivity contribution in [2.45, 2.75) is 19.9 Å². The molecule has 0 unspecified atom stereocenters. The quantitative estimate of drug-likeness (QED) is 0.868. The van der Waals surface area contributed by atoms with Gasteiger partial charge >= 0.3 is 0 Å². The first-order chi connectivity index (χ1) is 10.6. The number of ether oxygens (including phenoxy) is 3. The topological polar surface area (TPSA) is 39.7 Å². The molecule has 0 spiro atoms. The largest absolute Gasteiger partial charge is 0.497 e. The van der Waals surface area contributed by atoms with E-state index in [-0.39, 0.29) is 0 Å². The molecule has 1 N–H and O–H groups in total. The molecule has 0 heterocycles. The second-order valence-electron chi connectivity index (χ2n) is 5.28. The summed E-state index contributed by atoms with van der Waals surface area (Å²) in [6.45, 7) is 4.23. The third kappa shape index (κ3) is 3.45.